The number of hydrogen-bond acceptors (Lipinski definition) is 3. The fraction of sp³-hybridized carbons (Fsp3) is 0.364. The summed E-state index contributed by atoms with van der Waals surface area (Å²) in [6.07, 6.45) is 1.76. The van der Waals surface area contributed by atoms with Crippen molar-refractivity contribution in [2.24, 2.45) is 0 Å². The number of carbonyl (C=O) groups is 2. The second kappa shape index (κ2) is 11.8. The number of ether oxygens (including phenoxy) is 1. The minimum atomic E-state index is -0.807. The number of benzene rings is 2. The standard InChI is InChI=1S/C22H25Cl2FN2O3/c1-3-4-11-26-22(29)15(2)27(13-16-7-5-6-8-19(16)25)21(28)14-30-20-10-9-17(23)12-18(20)24/h5-10,12,15H,3-4,11,13-14H2,1-2H3,(H,26,29). The SMILES string of the molecule is CCCCNC(=O)C(C)N(Cc1ccccc1F)C(=O)COc1ccc(Cl)cc1Cl. The fourth-order valence-electron chi connectivity index (χ4n) is 2.74. The molecule has 2 aromatic rings. The molecule has 30 heavy (non-hydrogen) atoms. The lowest BCUT2D eigenvalue weighted by atomic mass is 10.1. The second-order valence-electron chi connectivity index (χ2n) is 6.80. The molecule has 0 aliphatic rings. The maximum absolute atomic E-state index is 14.2. The summed E-state index contributed by atoms with van der Waals surface area (Å²) in [6.45, 7) is 3.71. The molecular formula is C22H25Cl2FN2O3. The van der Waals surface area contributed by atoms with Gasteiger partial charge in [-0.05, 0) is 37.6 Å². The molecule has 0 saturated heterocycles. The zero-order valence-electron chi connectivity index (χ0n) is 17.0. The molecule has 0 saturated carbocycles. The van der Waals surface area contributed by atoms with Crippen molar-refractivity contribution in [3.63, 3.8) is 0 Å². The largest absolute Gasteiger partial charge is 0.482 e. The Morgan fingerprint density at radius 1 is 1.20 bits per heavy atom. The lowest BCUT2D eigenvalue weighted by Crippen LogP contribution is -2.49. The van der Waals surface area contributed by atoms with Crippen molar-refractivity contribution in [1.82, 2.24) is 10.2 Å². The Bertz CT molecular complexity index is 879. The van der Waals surface area contributed by atoms with Gasteiger partial charge in [0, 0.05) is 23.7 Å². The van der Waals surface area contributed by atoms with E-state index in [0.717, 1.165) is 12.8 Å². The molecule has 1 atom stereocenters. The normalized spacial score (nSPS) is 11.6. The van der Waals surface area contributed by atoms with Gasteiger partial charge < -0.3 is 15.0 Å². The molecular weight excluding hydrogens is 430 g/mol. The molecule has 2 amide bonds. The maximum atomic E-state index is 14.2. The highest BCUT2D eigenvalue weighted by Gasteiger charge is 2.27. The molecule has 0 fully saturated rings. The number of rotatable bonds is 10. The van der Waals surface area contributed by atoms with Crippen LogP contribution in [0.4, 0.5) is 4.39 Å². The minimum absolute atomic E-state index is 0.0639. The number of nitrogens with zero attached hydrogens (tertiary/aromatic N) is 1. The average Bonchev–Trinajstić information content (AvgIpc) is 2.72. The first-order valence-electron chi connectivity index (χ1n) is 9.72. The van der Waals surface area contributed by atoms with Crippen LogP contribution >= 0.6 is 23.2 Å². The Labute approximate surface area is 186 Å². The van der Waals surface area contributed by atoms with E-state index >= 15 is 0 Å². The summed E-state index contributed by atoms with van der Waals surface area (Å²) in [5.74, 6) is -0.934. The van der Waals surface area contributed by atoms with Crippen molar-refractivity contribution < 1.29 is 18.7 Å². The molecule has 2 rings (SSSR count). The Hall–Kier alpha value is -2.31. The van der Waals surface area contributed by atoms with Crippen molar-refractivity contribution in [3.05, 3.63) is 63.9 Å². The van der Waals surface area contributed by atoms with E-state index in [9.17, 15) is 14.0 Å². The summed E-state index contributed by atoms with van der Waals surface area (Å²) in [5.41, 5.74) is 0.309. The van der Waals surface area contributed by atoms with Crippen LogP contribution in [0.2, 0.25) is 10.0 Å². The molecule has 5 nitrogen and oxygen atoms in total. The summed E-state index contributed by atoms with van der Waals surface area (Å²) in [7, 11) is 0. The van der Waals surface area contributed by atoms with Crippen LogP contribution in [0.3, 0.4) is 0 Å². The highest BCUT2D eigenvalue weighted by Crippen LogP contribution is 2.27. The van der Waals surface area contributed by atoms with Gasteiger partial charge in [0.1, 0.15) is 17.6 Å². The Balaban J connectivity index is 2.15. The number of nitrogens with one attached hydrogen (secondary N) is 1. The van der Waals surface area contributed by atoms with Crippen molar-refractivity contribution >= 4 is 35.0 Å². The Morgan fingerprint density at radius 2 is 1.93 bits per heavy atom. The zero-order chi connectivity index (χ0) is 22.1. The van der Waals surface area contributed by atoms with E-state index in [1.54, 1.807) is 37.3 Å². The van der Waals surface area contributed by atoms with Gasteiger partial charge >= 0.3 is 0 Å². The van der Waals surface area contributed by atoms with E-state index < -0.39 is 17.8 Å². The highest BCUT2D eigenvalue weighted by molar-refractivity contribution is 6.35. The highest BCUT2D eigenvalue weighted by atomic mass is 35.5. The van der Waals surface area contributed by atoms with Gasteiger partial charge in [-0.1, -0.05) is 54.7 Å². The predicted octanol–water partition coefficient (Wildman–Crippen LogP) is 4.84. The first-order valence-corrected chi connectivity index (χ1v) is 10.5. The van der Waals surface area contributed by atoms with E-state index in [-0.39, 0.29) is 24.1 Å². The monoisotopic (exact) mass is 454 g/mol. The maximum Gasteiger partial charge on any atom is 0.261 e. The molecule has 0 aromatic heterocycles. The van der Waals surface area contributed by atoms with Gasteiger partial charge in [-0.15, -0.1) is 0 Å². The molecule has 8 heteroatoms. The van der Waals surface area contributed by atoms with Gasteiger partial charge in [0.2, 0.25) is 5.91 Å². The lowest BCUT2D eigenvalue weighted by molar-refractivity contribution is -0.142. The lowest BCUT2D eigenvalue weighted by Gasteiger charge is -2.29. The molecule has 162 valence electrons. The molecule has 0 aliphatic carbocycles. The molecule has 0 heterocycles. The molecule has 1 N–H and O–H groups in total. The smallest absolute Gasteiger partial charge is 0.261 e. The first-order chi connectivity index (χ1) is 14.3. The summed E-state index contributed by atoms with van der Waals surface area (Å²) in [5, 5.41) is 3.51. The van der Waals surface area contributed by atoms with Crippen LogP contribution in [0.1, 0.15) is 32.3 Å². The van der Waals surface area contributed by atoms with Gasteiger partial charge in [0.15, 0.2) is 6.61 Å². The number of halogens is 3. The van der Waals surface area contributed by atoms with Crippen LogP contribution in [0.5, 0.6) is 5.75 Å². The van der Waals surface area contributed by atoms with Crippen molar-refractivity contribution in [2.45, 2.75) is 39.3 Å². The second-order valence-corrected chi connectivity index (χ2v) is 7.64. The van der Waals surface area contributed by atoms with E-state index in [0.29, 0.717) is 22.9 Å². The average molecular weight is 455 g/mol. The fourth-order valence-corrected chi connectivity index (χ4v) is 3.21. The van der Waals surface area contributed by atoms with Crippen LogP contribution in [-0.2, 0) is 16.1 Å². The Morgan fingerprint density at radius 3 is 2.60 bits per heavy atom. The van der Waals surface area contributed by atoms with Crippen LogP contribution in [0.15, 0.2) is 42.5 Å². The van der Waals surface area contributed by atoms with Crippen LogP contribution < -0.4 is 10.1 Å². The third-order valence-corrected chi connectivity index (χ3v) is 5.07. The van der Waals surface area contributed by atoms with Gasteiger partial charge in [-0.25, -0.2) is 4.39 Å². The number of hydrogen-bond donors (Lipinski definition) is 1. The van der Waals surface area contributed by atoms with Crippen LogP contribution in [0.25, 0.3) is 0 Å². The molecule has 0 spiro atoms. The van der Waals surface area contributed by atoms with E-state index in [2.05, 4.69) is 5.32 Å². The summed E-state index contributed by atoms with van der Waals surface area (Å²) in [4.78, 5) is 26.7. The third kappa shape index (κ3) is 6.89. The van der Waals surface area contributed by atoms with Crippen molar-refractivity contribution in [3.8, 4) is 5.75 Å². The number of carbonyl (C=O) groups excluding carboxylic acids is 2. The van der Waals surface area contributed by atoms with Gasteiger partial charge in [0.25, 0.3) is 5.91 Å². The van der Waals surface area contributed by atoms with Crippen LogP contribution in [-0.4, -0.2) is 35.9 Å². The van der Waals surface area contributed by atoms with Gasteiger partial charge in [-0.2, -0.15) is 0 Å². The predicted molar refractivity (Wildman–Crippen MR) is 116 cm³/mol. The molecule has 1 unspecified atom stereocenters. The van der Waals surface area contributed by atoms with Crippen molar-refractivity contribution in [2.75, 3.05) is 13.2 Å². The minimum Gasteiger partial charge on any atom is -0.482 e. The van der Waals surface area contributed by atoms with Gasteiger partial charge in [0.05, 0.1) is 5.02 Å². The summed E-state index contributed by atoms with van der Waals surface area (Å²) in [6, 6.07) is 9.98. The van der Waals surface area contributed by atoms with Crippen molar-refractivity contribution in [1.29, 1.82) is 0 Å². The number of unbranched alkanes of at least 4 members (excludes halogenated alkanes) is 1. The molecule has 2 aromatic carbocycles. The summed E-state index contributed by atoms with van der Waals surface area (Å²) < 4.78 is 19.7. The molecule has 0 aliphatic heterocycles. The van der Waals surface area contributed by atoms with Crippen LogP contribution in [0, 0.1) is 5.82 Å². The summed E-state index contributed by atoms with van der Waals surface area (Å²) >= 11 is 11.9. The Kier molecular flexibility index (Phi) is 9.40. The van der Waals surface area contributed by atoms with E-state index in [4.69, 9.17) is 27.9 Å². The van der Waals surface area contributed by atoms with Gasteiger partial charge in [-0.3, -0.25) is 9.59 Å². The number of amides is 2. The molecule has 0 bridgehead atoms. The topological polar surface area (TPSA) is 58.6 Å². The van der Waals surface area contributed by atoms with E-state index in [1.165, 1.54) is 17.0 Å². The molecule has 0 radical (unpaired) electrons. The first kappa shape index (κ1) is 24.0. The third-order valence-electron chi connectivity index (χ3n) is 4.54. The zero-order valence-corrected chi connectivity index (χ0v) is 18.5. The quantitative estimate of drug-likeness (QED) is 0.522. The van der Waals surface area contributed by atoms with E-state index in [1.807, 2.05) is 6.92 Å².